The SMILES string of the molecule is CC(C)C[C@H](NC(=O)[C@H](CO)NC(=O)[C@H](Cc1ccccc1)NC(=O)c1ccc(-c2ccccc2)cc1)C(=O)OCCCl. The largest absolute Gasteiger partial charge is 0.463 e. The zero-order valence-corrected chi connectivity index (χ0v) is 25.1. The van der Waals surface area contributed by atoms with E-state index >= 15 is 0 Å². The van der Waals surface area contributed by atoms with Crippen LogP contribution in [0.5, 0.6) is 0 Å². The predicted octanol–water partition coefficient (Wildman–Crippen LogP) is 3.48. The smallest absolute Gasteiger partial charge is 0.328 e. The van der Waals surface area contributed by atoms with Gasteiger partial charge in [-0.25, -0.2) is 4.79 Å². The summed E-state index contributed by atoms with van der Waals surface area (Å²) in [5, 5.41) is 17.8. The van der Waals surface area contributed by atoms with Crippen molar-refractivity contribution in [2.75, 3.05) is 19.1 Å². The van der Waals surface area contributed by atoms with Gasteiger partial charge in [0, 0.05) is 12.0 Å². The minimum Gasteiger partial charge on any atom is -0.463 e. The highest BCUT2D eigenvalue weighted by Gasteiger charge is 2.30. The third-order valence-corrected chi connectivity index (χ3v) is 6.76. The summed E-state index contributed by atoms with van der Waals surface area (Å²) >= 11 is 5.61. The Labute approximate surface area is 257 Å². The average molecular weight is 608 g/mol. The summed E-state index contributed by atoms with van der Waals surface area (Å²) in [6, 6.07) is 22.4. The van der Waals surface area contributed by atoms with Gasteiger partial charge in [0.15, 0.2) is 0 Å². The highest BCUT2D eigenvalue weighted by atomic mass is 35.5. The van der Waals surface area contributed by atoms with Gasteiger partial charge in [0.25, 0.3) is 5.91 Å². The van der Waals surface area contributed by atoms with Crippen molar-refractivity contribution in [3.63, 3.8) is 0 Å². The maximum atomic E-state index is 13.4. The highest BCUT2D eigenvalue weighted by molar-refractivity contribution is 6.18. The van der Waals surface area contributed by atoms with E-state index in [0.717, 1.165) is 16.7 Å². The lowest BCUT2D eigenvalue weighted by molar-refractivity contribution is -0.148. The number of carbonyl (C=O) groups excluding carboxylic acids is 4. The number of carbonyl (C=O) groups is 4. The van der Waals surface area contributed by atoms with E-state index in [1.807, 2.05) is 86.6 Å². The molecule has 228 valence electrons. The zero-order valence-electron chi connectivity index (χ0n) is 24.3. The van der Waals surface area contributed by atoms with Crippen LogP contribution in [0, 0.1) is 5.92 Å². The maximum Gasteiger partial charge on any atom is 0.328 e. The molecule has 3 aromatic rings. The Morgan fingerprint density at radius 3 is 1.88 bits per heavy atom. The van der Waals surface area contributed by atoms with Crippen LogP contribution >= 0.6 is 11.6 Å². The molecule has 0 saturated carbocycles. The number of rotatable bonds is 15. The van der Waals surface area contributed by atoms with E-state index in [9.17, 15) is 24.3 Å². The van der Waals surface area contributed by atoms with E-state index in [0.29, 0.717) is 5.56 Å². The Bertz CT molecular complexity index is 1340. The van der Waals surface area contributed by atoms with Gasteiger partial charge in [0.05, 0.1) is 12.5 Å². The summed E-state index contributed by atoms with van der Waals surface area (Å²) in [5.74, 6) is -2.40. The average Bonchev–Trinajstić information content (AvgIpc) is 3.02. The fraction of sp³-hybridized carbons (Fsp3) is 0.333. The van der Waals surface area contributed by atoms with Gasteiger partial charge >= 0.3 is 5.97 Å². The number of alkyl halides is 1. The van der Waals surface area contributed by atoms with Gasteiger partial charge in [-0.2, -0.15) is 0 Å². The molecule has 0 aliphatic rings. The Kier molecular flexibility index (Phi) is 13.2. The number of aliphatic hydroxyl groups is 1. The van der Waals surface area contributed by atoms with E-state index in [2.05, 4.69) is 16.0 Å². The van der Waals surface area contributed by atoms with Gasteiger partial charge in [-0.3, -0.25) is 14.4 Å². The Hall–Kier alpha value is -4.21. The van der Waals surface area contributed by atoms with Crippen LogP contribution in [0.25, 0.3) is 11.1 Å². The Balaban J connectivity index is 1.74. The second-order valence-corrected chi connectivity index (χ2v) is 10.8. The summed E-state index contributed by atoms with van der Waals surface area (Å²) in [5.41, 5.74) is 3.09. The number of amides is 3. The molecular formula is C33H38ClN3O6. The van der Waals surface area contributed by atoms with E-state index in [1.165, 1.54) is 0 Å². The minimum absolute atomic E-state index is 0.0130. The van der Waals surface area contributed by atoms with Crippen LogP contribution in [-0.2, 0) is 25.5 Å². The van der Waals surface area contributed by atoms with Crippen LogP contribution in [0.3, 0.4) is 0 Å². The number of hydrogen-bond acceptors (Lipinski definition) is 6. The molecule has 0 bridgehead atoms. The highest BCUT2D eigenvalue weighted by Crippen LogP contribution is 2.19. The molecule has 0 aromatic heterocycles. The van der Waals surface area contributed by atoms with Gasteiger partial charge in [-0.1, -0.05) is 86.6 Å². The molecule has 3 rings (SSSR count). The van der Waals surface area contributed by atoms with Crippen LogP contribution < -0.4 is 16.0 Å². The minimum atomic E-state index is -1.37. The molecule has 0 fully saturated rings. The fourth-order valence-corrected chi connectivity index (χ4v) is 4.49. The van der Waals surface area contributed by atoms with Crippen LogP contribution in [0.1, 0.15) is 36.2 Å². The van der Waals surface area contributed by atoms with Crippen molar-refractivity contribution in [2.45, 2.75) is 44.8 Å². The summed E-state index contributed by atoms with van der Waals surface area (Å²) in [7, 11) is 0. The Morgan fingerprint density at radius 1 is 0.744 bits per heavy atom. The maximum absolute atomic E-state index is 13.4. The van der Waals surface area contributed by atoms with E-state index in [-0.39, 0.29) is 31.2 Å². The number of ether oxygens (including phenoxy) is 1. The molecular weight excluding hydrogens is 570 g/mol. The lowest BCUT2D eigenvalue weighted by Gasteiger charge is -2.25. The number of benzene rings is 3. The van der Waals surface area contributed by atoms with Crippen LogP contribution in [0.4, 0.5) is 0 Å². The molecule has 0 unspecified atom stereocenters. The number of nitrogens with one attached hydrogen (secondary N) is 3. The van der Waals surface area contributed by atoms with Crippen molar-refractivity contribution < 1.29 is 29.0 Å². The molecule has 3 aromatic carbocycles. The van der Waals surface area contributed by atoms with Crippen molar-refractivity contribution in [2.24, 2.45) is 5.92 Å². The topological polar surface area (TPSA) is 134 Å². The monoisotopic (exact) mass is 607 g/mol. The van der Waals surface area contributed by atoms with Gasteiger partial charge in [-0.15, -0.1) is 11.6 Å². The van der Waals surface area contributed by atoms with Crippen molar-refractivity contribution in [3.8, 4) is 11.1 Å². The standard InChI is InChI=1S/C33H38ClN3O6/c1-22(2)19-28(33(42)43-18-17-34)36-32(41)29(21-38)37-31(40)27(20-23-9-5-3-6-10-23)35-30(39)26-15-13-25(14-16-26)24-11-7-4-8-12-24/h3-16,22,27-29,38H,17-21H2,1-2H3,(H,35,39)(H,36,41)(H,37,40)/t27-,28-,29-/m0/s1. The fourth-order valence-electron chi connectivity index (χ4n) is 4.41. The zero-order chi connectivity index (χ0) is 31.2. The van der Waals surface area contributed by atoms with E-state index in [1.54, 1.807) is 12.1 Å². The van der Waals surface area contributed by atoms with Crippen LogP contribution in [0.2, 0.25) is 0 Å². The van der Waals surface area contributed by atoms with Crippen molar-refractivity contribution in [3.05, 3.63) is 96.1 Å². The molecule has 43 heavy (non-hydrogen) atoms. The Morgan fingerprint density at radius 2 is 1.30 bits per heavy atom. The van der Waals surface area contributed by atoms with E-state index in [4.69, 9.17) is 16.3 Å². The second-order valence-electron chi connectivity index (χ2n) is 10.5. The molecule has 0 aliphatic heterocycles. The molecule has 10 heteroatoms. The van der Waals surface area contributed by atoms with Gasteiger partial charge in [0.2, 0.25) is 11.8 Å². The molecule has 0 spiro atoms. The van der Waals surface area contributed by atoms with E-state index < -0.39 is 48.4 Å². The quantitative estimate of drug-likeness (QED) is 0.154. The van der Waals surface area contributed by atoms with Crippen molar-refractivity contribution in [1.82, 2.24) is 16.0 Å². The van der Waals surface area contributed by atoms with Crippen molar-refractivity contribution >= 4 is 35.3 Å². The summed E-state index contributed by atoms with van der Waals surface area (Å²) < 4.78 is 5.09. The van der Waals surface area contributed by atoms with Gasteiger partial charge < -0.3 is 25.8 Å². The van der Waals surface area contributed by atoms with Crippen LogP contribution in [-0.4, -0.2) is 66.0 Å². The van der Waals surface area contributed by atoms with Gasteiger partial charge in [0.1, 0.15) is 24.7 Å². The van der Waals surface area contributed by atoms with Crippen LogP contribution in [0.15, 0.2) is 84.9 Å². The number of halogens is 1. The third kappa shape index (κ3) is 10.5. The lowest BCUT2D eigenvalue weighted by atomic mass is 10.0. The first-order valence-electron chi connectivity index (χ1n) is 14.2. The molecule has 0 saturated heterocycles. The molecule has 0 heterocycles. The number of hydrogen-bond donors (Lipinski definition) is 4. The molecule has 3 atom stereocenters. The molecule has 0 aliphatic carbocycles. The van der Waals surface area contributed by atoms with Crippen molar-refractivity contribution in [1.29, 1.82) is 0 Å². The first-order valence-corrected chi connectivity index (χ1v) is 14.7. The predicted molar refractivity (Wildman–Crippen MR) is 165 cm³/mol. The summed E-state index contributed by atoms with van der Waals surface area (Å²) in [6.45, 7) is 3.02. The number of aliphatic hydroxyl groups excluding tert-OH is 1. The summed E-state index contributed by atoms with van der Waals surface area (Å²) in [4.78, 5) is 52.2. The molecule has 4 N–H and O–H groups in total. The molecule has 9 nitrogen and oxygen atoms in total. The number of esters is 1. The lowest BCUT2D eigenvalue weighted by Crippen LogP contribution is -2.57. The molecule has 0 radical (unpaired) electrons. The third-order valence-electron chi connectivity index (χ3n) is 6.60. The van der Waals surface area contributed by atoms with Gasteiger partial charge in [-0.05, 0) is 41.2 Å². The first-order chi connectivity index (χ1) is 20.7. The normalized spacial score (nSPS) is 13.0. The first kappa shape index (κ1) is 33.3. The second kappa shape index (κ2) is 17.0. The molecule has 3 amide bonds. The summed E-state index contributed by atoms with van der Waals surface area (Å²) in [6.07, 6.45) is 0.426.